The lowest BCUT2D eigenvalue weighted by atomic mass is 10.3. The van der Waals surface area contributed by atoms with E-state index in [1.165, 1.54) is 0 Å². The zero-order chi connectivity index (χ0) is 7.40. The molecule has 4 heteroatoms. The van der Waals surface area contributed by atoms with E-state index in [0.717, 1.165) is 5.75 Å². The smallest absolute Gasteiger partial charge is 0.153 e. The van der Waals surface area contributed by atoms with Gasteiger partial charge in [-0.25, -0.2) is 0 Å². The highest BCUT2D eigenvalue weighted by atomic mass is 32.9. The first-order valence-electron chi connectivity index (χ1n) is 2.75. The van der Waals surface area contributed by atoms with Gasteiger partial charge in [0.15, 0.2) is 6.13 Å². The molecule has 1 atom stereocenters. The summed E-state index contributed by atoms with van der Waals surface area (Å²) < 4.78 is 5.20. The van der Waals surface area contributed by atoms with Gasteiger partial charge in [-0.05, 0) is 23.9 Å². The lowest BCUT2D eigenvalue weighted by molar-refractivity contribution is 0.641. The lowest BCUT2D eigenvalue weighted by Crippen LogP contribution is -1.73. The maximum atomic E-state index is 5.20. The molecule has 0 bridgehead atoms. The van der Waals surface area contributed by atoms with Crippen molar-refractivity contribution in [2.45, 2.75) is 0 Å². The predicted octanol–water partition coefficient (Wildman–Crippen LogP) is 2.50. The van der Waals surface area contributed by atoms with Crippen LogP contribution in [0.25, 0.3) is 0 Å². The first-order chi connectivity index (χ1) is 4.79. The van der Waals surface area contributed by atoms with Crippen molar-refractivity contribution in [3.8, 4) is 5.75 Å². The second kappa shape index (κ2) is 4.02. The molecule has 0 spiro atoms. The average Bonchev–Trinajstić information content (AvgIpc) is 1.88. The van der Waals surface area contributed by atoms with Gasteiger partial charge in [0.2, 0.25) is 0 Å². The van der Waals surface area contributed by atoms with E-state index < -0.39 is 6.13 Å². The Morgan fingerprint density at radius 3 is 2.40 bits per heavy atom. The van der Waals surface area contributed by atoms with E-state index in [2.05, 4.69) is 12.2 Å². The van der Waals surface area contributed by atoms with Gasteiger partial charge in [0.05, 0.1) is 0 Å². The van der Waals surface area contributed by atoms with Crippen molar-refractivity contribution < 1.29 is 4.52 Å². The Hall–Kier alpha value is 0.0200. The van der Waals surface area contributed by atoms with Crippen LogP contribution in [0.4, 0.5) is 0 Å². The summed E-state index contributed by atoms with van der Waals surface area (Å²) in [6.45, 7) is 0. The second-order valence-electron chi connectivity index (χ2n) is 1.68. The van der Waals surface area contributed by atoms with E-state index in [1.54, 1.807) is 0 Å². The third-order valence-corrected chi connectivity index (χ3v) is 1.88. The maximum Gasteiger partial charge on any atom is 0.153 e. The Balaban J connectivity index is 2.67. The molecule has 0 N–H and O–H groups in total. The van der Waals surface area contributed by atoms with E-state index in [-0.39, 0.29) is 0 Å². The zero-order valence-corrected chi connectivity index (χ0v) is 7.86. The molecule has 0 fully saturated rings. The first kappa shape index (κ1) is 8.12. The van der Waals surface area contributed by atoms with Crippen LogP contribution in [0, 0.1) is 0 Å². The minimum atomic E-state index is -1.31. The maximum absolute atomic E-state index is 5.20. The molecule has 1 aromatic carbocycles. The first-order valence-corrected chi connectivity index (χ1v) is 6.58. The van der Waals surface area contributed by atoms with E-state index in [0.29, 0.717) is 0 Å². The summed E-state index contributed by atoms with van der Waals surface area (Å²) in [4.78, 5) is 0. The van der Waals surface area contributed by atoms with E-state index in [1.807, 2.05) is 30.3 Å². The second-order valence-corrected chi connectivity index (χ2v) is 5.66. The monoisotopic (exact) mass is 190 g/mol. The van der Waals surface area contributed by atoms with Crippen molar-refractivity contribution in [3.05, 3.63) is 30.3 Å². The van der Waals surface area contributed by atoms with Gasteiger partial charge in [0.1, 0.15) is 5.75 Å². The van der Waals surface area contributed by atoms with Crippen molar-refractivity contribution in [3.63, 3.8) is 0 Å². The Morgan fingerprint density at radius 2 is 1.90 bits per heavy atom. The van der Waals surface area contributed by atoms with Crippen molar-refractivity contribution in [1.29, 1.82) is 0 Å². The molecule has 1 rings (SSSR count). The fourth-order valence-corrected chi connectivity index (χ4v) is 1.53. The third-order valence-electron chi connectivity index (χ3n) is 0.948. The number of hydrogen-bond acceptors (Lipinski definition) is 2. The van der Waals surface area contributed by atoms with Gasteiger partial charge in [0.25, 0.3) is 0 Å². The molecule has 0 aliphatic heterocycles. The minimum Gasteiger partial charge on any atom is -0.460 e. The molecule has 1 unspecified atom stereocenters. The normalized spacial score (nSPS) is 12.5. The van der Waals surface area contributed by atoms with Crippen molar-refractivity contribution >= 4 is 30.2 Å². The van der Waals surface area contributed by atoms with E-state index in [9.17, 15) is 0 Å². The summed E-state index contributed by atoms with van der Waals surface area (Å²) >= 11 is 8.81. The van der Waals surface area contributed by atoms with Crippen LogP contribution in [0.15, 0.2) is 30.3 Å². The molecule has 0 aliphatic rings. The quantitative estimate of drug-likeness (QED) is 0.566. The fourth-order valence-electron chi connectivity index (χ4n) is 0.589. The highest BCUT2D eigenvalue weighted by molar-refractivity contribution is 8.54. The number of hydrogen-bond donors (Lipinski definition) is 1. The van der Waals surface area contributed by atoms with Crippen molar-refractivity contribution in [2.24, 2.45) is 0 Å². The molecule has 0 saturated heterocycles. The van der Waals surface area contributed by atoms with Gasteiger partial charge in [-0.3, -0.25) is 0 Å². The highest BCUT2D eigenvalue weighted by Gasteiger charge is 1.88. The topological polar surface area (TPSA) is 9.23 Å². The fraction of sp³-hybridized carbons (Fsp3) is 0. The van der Waals surface area contributed by atoms with Gasteiger partial charge >= 0.3 is 0 Å². The Morgan fingerprint density at radius 1 is 1.30 bits per heavy atom. The molecule has 1 nitrogen and oxygen atoms in total. The lowest BCUT2D eigenvalue weighted by Gasteiger charge is -2.01. The van der Waals surface area contributed by atoms with Crippen LogP contribution >= 0.6 is 18.4 Å². The molecule has 1 aromatic rings. The van der Waals surface area contributed by atoms with Crippen LogP contribution in [0.2, 0.25) is 0 Å². The summed E-state index contributed by atoms with van der Waals surface area (Å²) in [5, 5.41) is 0. The van der Waals surface area contributed by atoms with Gasteiger partial charge < -0.3 is 4.52 Å². The van der Waals surface area contributed by atoms with Crippen LogP contribution < -0.4 is 4.52 Å². The molecule has 0 amide bonds. The summed E-state index contributed by atoms with van der Waals surface area (Å²) in [5.74, 6) is 0.807. The third kappa shape index (κ3) is 2.74. The van der Waals surface area contributed by atoms with E-state index >= 15 is 0 Å². The zero-order valence-electron chi connectivity index (χ0n) is 5.15. The molecular weight excluding hydrogens is 183 g/mol. The number of benzene rings is 1. The van der Waals surface area contributed by atoms with Gasteiger partial charge in [0, 0.05) is 0 Å². The largest absolute Gasteiger partial charge is 0.460 e. The van der Waals surface area contributed by atoms with Gasteiger partial charge in [-0.2, -0.15) is 0 Å². The Labute approximate surface area is 71.1 Å². The van der Waals surface area contributed by atoms with Crippen LogP contribution in [-0.2, 0) is 11.8 Å². The van der Waals surface area contributed by atoms with Crippen molar-refractivity contribution in [2.75, 3.05) is 0 Å². The van der Waals surface area contributed by atoms with Crippen LogP contribution in [0.5, 0.6) is 5.75 Å². The summed E-state index contributed by atoms with van der Waals surface area (Å²) in [5.41, 5.74) is 0. The minimum absolute atomic E-state index is 0.807. The van der Waals surface area contributed by atoms with Crippen LogP contribution in [0.1, 0.15) is 0 Å². The molecule has 54 valence electrons. The van der Waals surface area contributed by atoms with Crippen LogP contribution in [0.3, 0.4) is 0 Å². The Kier molecular flexibility index (Phi) is 3.26. The van der Waals surface area contributed by atoms with Crippen LogP contribution in [-0.4, -0.2) is 0 Å². The summed E-state index contributed by atoms with van der Waals surface area (Å²) in [7, 11) is 0. The molecule has 0 radical (unpaired) electrons. The van der Waals surface area contributed by atoms with Crippen molar-refractivity contribution in [1.82, 2.24) is 0 Å². The molecule has 10 heavy (non-hydrogen) atoms. The molecule has 0 aromatic heterocycles. The predicted molar refractivity (Wildman–Crippen MR) is 51.7 cm³/mol. The summed E-state index contributed by atoms with van der Waals surface area (Å²) in [6.07, 6.45) is -1.31. The number of thiol groups is 1. The number of para-hydroxylation sites is 1. The SMILES string of the molecule is S=[PH](S)Oc1ccccc1. The van der Waals surface area contributed by atoms with Gasteiger partial charge in [-0.1, -0.05) is 18.2 Å². The standard InChI is InChI=1S/C6H7OPS2/c9-8(10)7-6-4-2-1-3-5-6/h1-5,8H,(H,9,10). The summed E-state index contributed by atoms with van der Waals surface area (Å²) in [6, 6.07) is 9.48. The highest BCUT2D eigenvalue weighted by Crippen LogP contribution is 2.29. The van der Waals surface area contributed by atoms with E-state index in [4.69, 9.17) is 16.3 Å². The molecule has 0 aliphatic carbocycles. The molecular formula is C6H7OPS2. The Bertz CT molecular complexity index is 224. The average molecular weight is 190 g/mol. The molecule has 0 saturated carbocycles. The van der Waals surface area contributed by atoms with Gasteiger partial charge in [-0.15, -0.1) is 12.2 Å². The number of rotatable bonds is 2. The molecule has 0 heterocycles.